The first-order valence-electron chi connectivity index (χ1n) is 20.1. The molecule has 0 aromatic heterocycles. The molecule has 304 valence electrons. The van der Waals surface area contributed by atoms with E-state index in [0.717, 1.165) is 37.7 Å². The van der Waals surface area contributed by atoms with E-state index in [4.69, 9.17) is 10.5 Å². The third-order valence-electron chi connectivity index (χ3n) is 12.7. The second-order valence-corrected chi connectivity index (χ2v) is 20.4. The fraction of sp³-hybridized carbons (Fsp3) is 0.605. The van der Waals surface area contributed by atoms with Crippen molar-refractivity contribution < 1.29 is 37.1 Å². The molecule has 4 amide bonds. The first kappa shape index (κ1) is 41.4. The number of primary amides is 1. The summed E-state index contributed by atoms with van der Waals surface area (Å²) in [4.78, 5) is 69.1. The first-order chi connectivity index (χ1) is 26.3. The van der Waals surface area contributed by atoms with Gasteiger partial charge >= 0.3 is 6.03 Å². The number of benzene rings is 2. The van der Waals surface area contributed by atoms with Gasteiger partial charge in [0, 0.05) is 18.9 Å². The smallest absolute Gasteiger partial charge is 0.315 e. The molecule has 0 radical (unpaired) electrons. The number of urea groups is 1. The van der Waals surface area contributed by atoms with E-state index < -0.39 is 62.4 Å². The molecule has 4 N–H and O–H groups in total. The lowest BCUT2D eigenvalue weighted by Gasteiger charge is -2.40. The molecule has 4 aliphatic rings. The van der Waals surface area contributed by atoms with E-state index in [1.165, 1.54) is 12.1 Å². The highest BCUT2D eigenvalue weighted by molar-refractivity contribution is 7.91. The summed E-state index contributed by atoms with van der Waals surface area (Å²) in [5.74, 6) is -2.97. The number of sulfone groups is 1. The molecule has 2 aromatic carbocycles. The van der Waals surface area contributed by atoms with Crippen molar-refractivity contribution in [3.8, 4) is 5.75 Å². The number of fused-ring (bicyclic) bond motifs is 1. The van der Waals surface area contributed by atoms with Gasteiger partial charge in [-0.05, 0) is 71.6 Å². The average Bonchev–Trinajstić information content (AvgIpc) is 3.99. The average molecular weight is 791 g/mol. The molecule has 12 nitrogen and oxygen atoms in total. The maximum atomic E-state index is 14.6. The zero-order valence-electron chi connectivity index (χ0n) is 33.3. The lowest BCUT2D eigenvalue weighted by Crippen LogP contribution is -2.63. The number of hydrogen-bond donors (Lipinski definition) is 3. The van der Waals surface area contributed by atoms with Gasteiger partial charge in [-0.15, -0.1) is 0 Å². The largest absolute Gasteiger partial charge is 0.489 e. The molecular weight excluding hydrogens is 733 g/mol. The van der Waals surface area contributed by atoms with Gasteiger partial charge in [0.05, 0.1) is 22.2 Å². The van der Waals surface area contributed by atoms with Gasteiger partial charge in [-0.3, -0.25) is 19.2 Å². The fourth-order valence-corrected chi connectivity index (χ4v) is 11.0. The summed E-state index contributed by atoms with van der Waals surface area (Å²) in [6, 6.07) is 13.5. The van der Waals surface area contributed by atoms with E-state index in [-0.39, 0.29) is 52.6 Å². The number of likely N-dealkylation sites (tertiary alicyclic amines) is 1. The molecule has 56 heavy (non-hydrogen) atoms. The first-order valence-corrected chi connectivity index (χ1v) is 21.7. The number of ether oxygens (including phenoxy) is 1. The van der Waals surface area contributed by atoms with Crippen molar-refractivity contribution in [1.82, 2.24) is 15.5 Å². The van der Waals surface area contributed by atoms with Crippen molar-refractivity contribution in [3.63, 3.8) is 0 Å². The highest BCUT2D eigenvalue weighted by atomic mass is 32.2. The summed E-state index contributed by atoms with van der Waals surface area (Å²) in [5, 5.41) is 5.93. The highest BCUT2D eigenvalue weighted by Crippen LogP contribution is 2.65. The van der Waals surface area contributed by atoms with Gasteiger partial charge in [-0.25, -0.2) is 13.2 Å². The van der Waals surface area contributed by atoms with Crippen molar-refractivity contribution >= 4 is 39.2 Å². The highest BCUT2D eigenvalue weighted by Gasteiger charge is 2.69. The number of piperidine rings is 1. The maximum absolute atomic E-state index is 14.6. The van der Waals surface area contributed by atoms with Gasteiger partial charge in [0.25, 0.3) is 5.91 Å². The summed E-state index contributed by atoms with van der Waals surface area (Å²) < 4.78 is 33.9. The Labute approximate surface area is 331 Å². The number of hydrogen-bond acceptors (Lipinski definition) is 8. The number of nitrogens with two attached hydrogens (primary N) is 1. The predicted molar refractivity (Wildman–Crippen MR) is 211 cm³/mol. The molecule has 3 aliphatic carbocycles. The summed E-state index contributed by atoms with van der Waals surface area (Å²) in [6.07, 6.45) is 5.40. The Morgan fingerprint density at radius 2 is 1.64 bits per heavy atom. The molecule has 1 saturated heterocycles. The summed E-state index contributed by atoms with van der Waals surface area (Å²) in [7, 11) is -3.90. The van der Waals surface area contributed by atoms with Crippen LogP contribution in [0.2, 0.25) is 0 Å². The molecule has 4 fully saturated rings. The van der Waals surface area contributed by atoms with E-state index in [2.05, 4.69) is 24.5 Å². The van der Waals surface area contributed by atoms with E-state index in [9.17, 15) is 32.4 Å². The van der Waals surface area contributed by atoms with E-state index in [1.54, 1.807) is 17.0 Å². The Hall–Kier alpha value is -4.26. The molecule has 3 saturated carbocycles. The Bertz CT molecular complexity index is 1930. The molecule has 6 rings (SSSR count). The SMILES string of the molecule is CC(C)(C)[C@H](NC(=O)NC1(CS(=O)(=O)c2cccc(OCc3ccccc3)c2)CCCCC1)C(=O)N1CC2[C@@H]([C@H]1C(=O)CC(CC1CC1)C(=O)C(N)=O)C2(C)C. The van der Waals surface area contributed by atoms with Crippen LogP contribution in [-0.2, 0) is 35.6 Å². The summed E-state index contributed by atoms with van der Waals surface area (Å²) >= 11 is 0. The van der Waals surface area contributed by atoms with Crippen LogP contribution in [0.1, 0.15) is 98.0 Å². The van der Waals surface area contributed by atoms with Gasteiger partial charge in [0.15, 0.2) is 15.6 Å². The number of Topliss-reactive ketones (excluding diaryl/α,β-unsaturated/α-hetero) is 2. The van der Waals surface area contributed by atoms with E-state index in [1.807, 2.05) is 51.1 Å². The van der Waals surface area contributed by atoms with Crippen LogP contribution in [0.5, 0.6) is 5.75 Å². The number of amides is 4. The summed E-state index contributed by atoms with van der Waals surface area (Å²) in [5.41, 5.74) is 4.28. The monoisotopic (exact) mass is 790 g/mol. The van der Waals surface area contributed by atoms with Gasteiger partial charge < -0.3 is 26.0 Å². The minimum Gasteiger partial charge on any atom is -0.489 e. The molecule has 13 heteroatoms. The quantitative estimate of drug-likeness (QED) is 0.190. The van der Waals surface area contributed by atoms with Gasteiger partial charge in [0.1, 0.15) is 18.4 Å². The van der Waals surface area contributed by atoms with Gasteiger partial charge in [-0.1, -0.05) is 103 Å². The van der Waals surface area contributed by atoms with Gasteiger partial charge in [-0.2, -0.15) is 0 Å². The van der Waals surface area contributed by atoms with Crippen LogP contribution in [0.15, 0.2) is 59.5 Å². The third-order valence-corrected chi connectivity index (χ3v) is 14.6. The van der Waals surface area contributed by atoms with Crippen molar-refractivity contribution in [3.05, 3.63) is 60.2 Å². The number of rotatable bonds is 16. The Morgan fingerprint density at radius 1 is 0.964 bits per heavy atom. The van der Waals surface area contributed by atoms with Crippen LogP contribution in [0.25, 0.3) is 0 Å². The van der Waals surface area contributed by atoms with E-state index in [0.29, 0.717) is 31.6 Å². The van der Waals surface area contributed by atoms with Crippen LogP contribution >= 0.6 is 0 Å². The predicted octanol–water partition coefficient (Wildman–Crippen LogP) is 5.37. The zero-order valence-corrected chi connectivity index (χ0v) is 34.2. The number of carbonyl (C=O) groups is 5. The maximum Gasteiger partial charge on any atom is 0.315 e. The minimum atomic E-state index is -3.90. The van der Waals surface area contributed by atoms with Crippen molar-refractivity contribution in [2.75, 3.05) is 12.3 Å². The van der Waals surface area contributed by atoms with Crippen molar-refractivity contribution in [2.24, 2.45) is 40.2 Å². The van der Waals surface area contributed by atoms with Crippen molar-refractivity contribution in [1.29, 1.82) is 0 Å². The van der Waals surface area contributed by atoms with Crippen LogP contribution in [-0.4, -0.2) is 72.6 Å². The van der Waals surface area contributed by atoms with Crippen LogP contribution in [0, 0.1) is 34.5 Å². The molecule has 2 aromatic rings. The second-order valence-electron chi connectivity index (χ2n) is 18.4. The van der Waals surface area contributed by atoms with Gasteiger partial charge in [0.2, 0.25) is 11.7 Å². The molecule has 0 bridgehead atoms. The topological polar surface area (TPSA) is 182 Å². The molecule has 1 heterocycles. The molecule has 0 spiro atoms. The minimum absolute atomic E-state index is 0.0709. The zero-order chi connectivity index (χ0) is 40.6. The molecule has 5 atom stereocenters. The van der Waals surface area contributed by atoms with Crippen LogP contribution in [0.3, 0.4) is 0 Å². The third kappa shape index (κ3) is 9.30. The van der Waals surface area contributed by atoms with Crippen molar-refractivity contribution in [2.45, 2.75) is 122 Å². The van der Waals surface area contributed by atoms with Crippen LogP contribution < -0.4 is 21.1 Å². The second kappa shape index (κ2) is 15.9. The molecule has 1 aliphatic heterocycles. The number of nitrogens with zero attached hydrogens (tertiary/aromatic N) is 1. The Balaban J connectivity index is 1.17. The summed E-state index contributed by atoms with van der Waals surface area (Å²) in [6.45, 7) is 10.2. The Kier molecular flexibility index (Phi) is 11.8. The number of nitrogens with one attached hydrogen (secondary N) is 2. The Morgan fingerprint density at radius 3 is 2.27 bits per heavy atom. The fourth-order valence-electron chi connectivity index (χ4n) is 9.19. The lowest BCUT2D eigenvalue weighted by atomic mass is 9.83. The number of carbonyl (C=O) groups excluding carboxylic acids is 5. The van der Waals surface area contributed by atoms with Crippen LogP contribution in [0.4, 0.5) is 4.79 Å². The normalized spacial score (nSPS) is 23.6. The van der Waals surface area contributed by atoms with E-state index >= 15 is 0 Å². The molecular formula is C43H58N4O8S. The molecule has 2 unspecified atom stereocenters. The standard InChI is InChI=1S/C43H58N4O8S/c1-41(2,3)37(39(51)47-24-32-34(42(32,4)5)35(47)33(48)22-29(21-27-17-18-27)36(49)38(44)50)45-40(52)46-43(19-10-7-11-20-43)26-56(53,54)31-16-12-15-30(23-31)55-25-28-13-8-6-9-14-28/h6,8-9,12-16,23,27,29,32,34-35,37H,7,10-11,17-22,24-26H2,1-5H3,(H2,44,50)(H2,45,46,52)/t29?,32?,34-,35+,37+/m0/s1. The lowest BCUT2D eigenvalue weighted by molar-refractivity contribution is -0.144. The number of ketones is 2.